The van der Waals surface area contributed by atoms with E-state index in [1.54, 1.807) is 30.3 Å². The number of amides is 1. The summed E-state index contributed by atoms with van der Waals surface area (Å²) in [5.41, 5.74) is 7.94. The first-order valence-electron chi connectivity index (χ1n) is 10.4. The highest BCUT2D eigenvalue weighted by Crippen LogP contribution is 2.38. The molecular weight excluding hydrogens is 455 g/mol. The highest BCUT2D eigenvalue weighted by molar-refractivity contribution is 6.40. The minimum absolute atomic E-state index is 0.0598. The van der Waals surface area contributed by atoms with Crippen LogP contribution in [-0.2, 0) is 17.6 Å². The van der Waals surface area contributed by atoms with E-state index in [4.69, 9.17) is 34.0 Å². The van der Waals surface area contributed by atoms with Crippen molar-refractivity contribution in [2.24, 2.45) is 11.7 Å². The SMILES string of the molecule is NC[C@H](NC(=O)c1c(Cl)cc2c(c1Cl)CCC(CCC(O)c1cccc(O)c1)C2)C(=O)O. The number of aliphatic carboxylic acids is 1. The zero-order valence-electron chi connectivity index (χ0n) is 17.4. The number of phenols is 1. The molecule has 1 aliphatic carbocycles. The lowest BCUT2D eigenvalue weighted by molar-refractivity contribution is -0.138. The third-order valence-corrected chi connectivity index (χ3v) is 6.61. The fourth-order valence-corrected chi connectivity index (χ4v) is 4.89. The average molecular weight is 481 g/mol. The number of aromatic hydroxyl groups is 1. The Hall–Kier alpha value is -2.32. The van der Waals surface area contributed by atoms with Gasteiger partial charge in [-0.25, -0.2) is 4.79 Å². The number of benzene rings is 2. The molecule has 9 heteroatoms. The molecular formula is C23H26Cl2N2O5. The number of rotatable bonds is 8. The van der Waals surface area contributed by atoms with Gasteiger partial charge in [0.05, 0.1) is 21.7 Å². The van der Waals surface area contributed by atoms with Crippen LogP contribution in [0.25, 0.3) is 0 Å². The van der Waals surface area contributed by atoms with Gasteiger partial charge in [0.25, 0.3) is 5.91 Å². The Morgan fingerprint density at radius 3 is 2.66 bits per heavy atom. The molecule has 0 radical (unpaired) electrons. The maximum absolute atomic E-state index is 12.6. The lowest BCUT2D eigenvalue weighted by Gasteiger charge is -2.27. The highest BCUT2D eigenvalue weighted by Gasteiger charge is 2.28. The number of hydrogen-bond acceptors (Lipinski definition) is 5. The van der Waals surface area contributed by atoms with Crippen LogP contribution in [0.2, 0.25) is 10.0 Å². The Labute approximate surface area is 196 Å². The highest BCUT2D eigenvalue weighted by atomic mass is 35.5. The molecule has 0 aliphatic heterocycles. The van der Waals surface area contributed by atoms with Gasteiger partial charge in [-0.2, -0.15) is 0 Å². The Kier molecular flexibility index (Phi) is 8.00. The largest absolute Gasteiger partial charge is 0.508 e. The molecule has 0 saturated heterocycles. The van der Waals surface area contributed by atoms with Gasteiger partial charge in [-0.3, -0.25) is 4.79 Å². The minimum Gasteiger partial charge on any atom is -0.508 e. The normalized spacial score (nSPS) is 17.3. The predicted octanol–water partition coefficient (Wildman–Crippen LogP) is 3.46. The lowest BCUT2D eigenvalue weighted by Crippen LogP contribution is -2.46. The van der Waals surface area contributed by atoms with Crippen molar-refractivity contribution in [2.75, 3.05) is 6.54 Å². The molecule has 2 unspecified atom stereocenters. The molecule has 172 valence electrons. The maximum Gasteiger partial charge on any atom is 0.327 e. The van der Waals surface area contributed by atoms with Crippen LogP contribution in [0.1, 0.15) is 52.4 Å². The number of fused-ring (bicyclic) bond motifs is 1. The summed E-state index contributed by atoms with van der Waals surface area (Å²) in [7, 11) is 0. The molecule has 0 bridgehead atoms. The fraction of sp³-hybridized carbons (Fsp3) is 0.391. The summed E-state index contributed by atoms with van der Waals surface area (Å²) in [5, 5.41) is 31.9. The first-order chi connectivity index (χ1) is 15.2. The van der Waals surface area contributed by atoms with Crippen molar-refractivity contribution in [3.63, 3.8) is 0 Å². The molecule has 0 heterocycles. The number of carbonyl (C=O) groups is 2. The van der Waals surface area contributed by atoms with Gasteiger partial charge in [-0.05, 0) is 72.9 Å². The molecule has 7 nitrogen and oxygen atoms in total. The smallest absolute Gasteiger partial charge is 0.327 e. The summed E-state index contributed by atoms with van der Waals surface area (Å²) in [6.45, 7) is -0.253. The van der Waals surface area contributed by atoms with Gasteiger partial charge in [0, 0.05) is 6.54 Å². The standard InChI is InChI=1S/C23H26Cl2N2O5/c24-17-10-14-8-12(5-7-19(29)13-2-1-3-15(28)9-13)4-6-16(14)21(25)20(17)22(30)27-18(11-26)23(31)32/h1-3,9-10,12,18-19,28-29H,4-8,11,26H2,(H,27,30)(H,31,32)/t12?,18-,19?/m0/s1. The van der Waals surface area contributed by atoms with Gasteiger partial charge in [-0.1, -0.05) is 35.3 Å². The van der Waals surface area contributed by atoms with Gasteiger partial charge < -0.3 is 26.4 Å². The van der Waals surface area contributed by atoms with E-state index in [1.165, 1.54) is 0 Å². The molecule has 0 spiro atoms. The molecule has 6 N–H and O–H groups in total. The first kappa shape index (κ1) is 24.3. The molecule has 2 aromatic carbocycles. The molecule has 2 aromatic rings. The molecule has 1 amide bonds. The van der Waals surface area contributed by atoms with Crippen LogP contribution in [0.5, 0.6) is 5.75 Å². The quantitative estimate of drug-likeness (QED) is 0.392. The second-order valence-electron chi connectivity index (χ2n) is 8.08. The van der Waals surface area contributed by atoms with Crippen LogP contribution in [0.4, 0.5) is 0 Å². The van der Waals surface area contributed by atoms with E-state index >= 15 is 0 Å². The van der Waals surface area contributed by atoms with Gasteiger partial charge >= 0.3 is 5.97 Å². The summed E-state index contributed by atoms with van der Waals surface area (Å²) in [5.74, 6) is -1.47. The molecule has 0 saturated carbocycles. The number of aliphatic hydroxyl groups is 1. The second-order valence-corrected chi connectivity index (χ2v) is 8.87. The van der Waals surface area contributed by atoms with E-state index in [0.717, 1.165) is 24.0 Å². The van der Waals surface area contributed by atoms with Crippen LogP contribution < -0.4 is 11.1 Å². The fourth-order valence-electron chi connectivity index (χ4n) is 4.12. The van der Waals surface area contributed by atoms with Crippen molar-refractivity contribution in [1.82, 2.24) is 5.32 Å². The van der Waals surface area contributed by atoms with E-state index in [0.29, 0.717) is 30.7 Å². The van der Waals surface area contributed by atoms with E-state index in [2.05, 4.69) is 5.32 Å². The van der Waals surface area contributed by atoms with Gasteiger partial charge in [0.15, 0.2) is 0 Å². The van der Waals surface area contributed by atoms with Crippen molar-refractivity contribution < 1.29 is 24.9 Å². The van der Waals surface area contributed by atoms with E-state index in [-0.39, 0.29) is 27.9 Å². The minimum atomic E-state index is -1.23. The van der Waals surface area contributed by atoms with Gasteiger partial charge in [0.2, 0.25) is 0 Å². The maximum atomic E-state index is 12.6. The Balaban J connectivity index is 1.69. The summed E-state index contributed by atoms with van der Waals surface area (Å²) in [4.78, 5) is 23.8. The Morgan fingerprint density at radius 1 is 1.25 bits per heavy atom. The number of nitrogens with two attached hydrogens (primary N) is 1. The lowest BCUT2D eigenvalue weighted by atomic mass is 9.80. The van der Waals surface area contributed by atoms with Crippen molar-refractivity contribution in [3.05, 3.63) is 62.6 Å². The summed E-state index contributed by atoms with van der Waals surface area (Å²) >= 11 is 12.9. The number of carboxylic acid groups (broad SMARTS) is 1. The first-order valence-corrected chi connectivity index (χ1v) is 11.2. The topological polar surface area (TPSA) is 133 Å². The van der Waals surface area contributed by atoms with Crippen LogP contribution >= 0.6 is 23.2 Å². The number of carbonyl (C=O) groups excluding carboxylic acids is 1. The molecule has 32 heavy (non-hydrogen) atoms. The zero-order chi connectivity index (χ0) is 23.4. The third kappa shape index (κ3) is 5.53. The van der Waals surface area contributed by atoms with Crippen molar-refractivity contribution in [2.45, 2.75) is 44.2 Å². The number of phenolic OH excluding ortho intramolecular Hbond substituents is 1. The van der Waals surface area contributed by atoms with Crippen molar-refractivity contribution in [1.29, 1.82) is 0 Å². The predicted molar refractivity (Wildman–Crippen MR) is 122 cm³/mol. The number of carboxylic acids is 1. The summed E-state index contributed by atoms with van der Waals surface area (Å²) in [6.07, 6.45) is 2.88. The Bertz CT molecular complexity index is 1010. The Morgan fingerprint density at radius 2 is 2.00 bits per heavy atom. The molecule has 3 atom stereocenters. The number of nitrogens with one attached hydrogen (secondary N) is 1. The average Bonchev–Trinajstić information content (AvgIpc) is 2.75. The second kappa shape index (κ2) is 10.5. The van der Waals surface area contributed by atoms with Crippen LogP contribution in [0.15, 0.2) is 30.3 Å². The summed E-state index contributed by atoms with van der Waals surface area (Å²) < 4.78 is 0. The number of hydrogen-bond donors (Lipinski definition) is 5. The molecule has 0 fully saturated rings. The van der Waals surface area contributed by atoms with E-state index in [1.807, 2.05) is 0 Å². The monoisotopic (exact) mass is 480 g/mol. The molecule has 1 aliphatic rings. The zero-order valence-corrected chi connectivity index (χ0v) is 18.9. The molecule has 3 rings (SSSR count). The van der Waals surface area contributed by atoms with E-state index < -0.39 is 24.0 Å². The molecule has 0 aromatic heterocycles. The van der Waals surface area contributed by atoms with Crippen molar-refractivity contribution >= 4 is 35.1 Å². The third-order valence-electron chi connectivity index (χ3n) is 5.89. The van der Waals surface area contributed by atoms with Gasteiger partial charge in [-0.15, -0.1) is 0 Å². The number of halogens is 2. The van der Waals surface area contributed by atoms with Crippen molar-refractivity contribution in [3.8, 4) is 5.75 Å². The van der Waals surface area contributed by atoms with E-state index in [9.17, 15) is 19.8 Å². The summed E-state index contributed by atoms with van der Waals surface area (Å²) in [6, 6.07) is 7.10. The van der Waals surface area contributed by atoms with Crippen LogP contribution in [0, 0.1) is 5.92 Å². The van der Waals surface area contributed by atoms with Crippen LogP contribution in [0.3, 0.4) is 0 Å². The van der Waals surface area contributed by atoms with Crippen LogP contribution in [-0.4, -0.2) is 39.8 Å². The number of aliphatic hydroxyl groups excluding tert-OH is 1. The van der Waals surface area contributed by atoms with Gasteiger partial charge in [0.1, 0.15) is 11.8 Å².